The van der Waals surface area contributed by atoms with E-state index in [0.717, 1.165) is 16.7 Å². The fraction of sp³-hybridized carbons (Fsp3) is 0.0667. The van der Waals surface area contributed by atoms with Gasteiger partial charge in [0.2, 0.25) is 0 Å². The van der Waals surface area contributed by atoms with Gasteiger partial charge in [-0.3, -0.25) is 4.57 Å². The molecule has 0 saturated heterocycles. The van der Waals surface area contributed by atoms with Crippen molar-refractivity contribution in [2.75, 3.05) is 5.73 Å². The van der Waals surface area contributed by atoms with Crippen molar-refractivity contribution in [1.29, 1.82) is 0 Å². The molecule has 23 heavy (non-hydrogen) atoms. The first kappa shape index (κ1) is 15.4. The predicted octanol–water partition coefficient (Wildman–Crippen LogP) is 3.64. The summed E-state index contributed by atoms with van der Waals surface area (Å²) < 4.78 is 39.9. The Labute approximate surface area is 132 Å². The Morgan fingerprint density at radius 3 is 2.48 bits per heavy atom. The fourth-order valence-corrected chi connectivity index (χ4v) is 2.51. The van der Waals surface area contributed by atoms with Crippen LogP contribution in [0.4, 0.5) is 19.0 Å². The minimum Gasteiger partial charge on any atom is -0.383 e. The van der Waals surface area contributed by atoms with Crippen molar-refractivity contribution >= 4 is 28.3 Å². The number of anilines is 1. The SMILES string of the molecule is Nc1nc(=O)n(-c2ccccc2Cl)c2cc(C(F)(F)F)ccc12. The van der Waals surface area contributed by atoms with Crippen molar-refractivity contribution in [2.24, 2.45) is 0 Å². The Kier molecular flexibility index (Phi) is 3.52. The molecule has 1 heterocycles. The van der Waals surface area contributed by atoms with Gasteiger partial charge in [0.15, 0.2) is 0 Å². The number of aromatic nitrogens is 2. The number of fused-ring (bicyclic) bond motifs is 1. The number of hydrogen-bond acceptors (Lipinski definition) is 3. The molecule has 0 amide bonds. The molecule has 118 valence electrons. The Hall–Kier alpha value is -2.54. The van der Waals surface area contributed by atoms with Crippen molar-refractivity contribution in [3.8, 4) is 5.69 Å². The fourth-order valence-electron chi connectivity index (χ4n) is 2.29. The van der Waals surface area contributed by atoms with Crippen LogP contribution < -0.4 is 11.4 Å². The van der Waals surface area contributed by atoms with Gasteiger partial charge in [0, 0.05) is 5.39 Å². The van der Waals surface area contributed by atoms with Gasteiger partial charge in [-0.2, -0.15) is 18.2 Å². The van der Waals surface area contributed by atoms with Crippen LogP contribution >= 0.6 is 11.6 Å². The number of nitrogen functional groups attached to an aromatic ring is 1. The summed E-state index contributed by atoms with van der Waals surface area (Å²) in [7, 11) is 0. The van der Waals surface area contributed by atoms with Gasteiger partial charge in [-0.05, 0) is 30.3 Å². The van der Waals surface area contributed by atoms with Crippen LogP contribution in [0.3, 0.4) is 0 Å². The molecule has 3 rings (SSSR count). The van der Waals surface area contributed by atoms with Gasteiger partial charge in [0.25, 0.3) is 0 Å². The smallest absolute Gasteiger partial charge is 0.383 e. The van der Waals surface area contributed by atoms with E-state index in [2.05, 4.69) is 4.98 Å². The van der Waals surface area contributed by atoms with E-state index >= 15 is 0 Å². The van der Waals surface area contributed by atoms with E-state index in [1.807, 2.05) is 0 Å². The summed E-state index contributed by atoms with van der Waals surface area (Å²) in [6.45, 7) is 0. The van der Waals surface area contributed by atoms with Crippen LogP contribution in [0.1, 0.15) is 5.56 Å². The molecule has 0 unspecified atom stereocenters. The second-order valence-corrected chi connectivity index (χ2v) is 5.20. The number of halogens is 4. The van der Waals surface area contributed by atoms with Crippen LogP contribution in [0, 0.1) is 0 Å². The van der Waals surface area contributed by atoms with Crippen molar-refractivity contribution in [1.82, 2.24) is 9.55 Å². The maximum Gasteiger partial charge on any atom is 0.416 e. The molecule has 0 spiro atoms. The average molecular weight is 340 g/mol. The van der Waals surface area contributed by atoms with Gasteiger partial charge in [-0.1, -0.05) is 23.7 Å². The second-order valence-electron chi connectivity index (χ2n) is 4.80. The molecular weight excluding hydrogens is 331 g/mol. The van der Waals surface area contributed by atoms with E-state index in [1.165, 1.54) is 18.2 Å². The molecule has 0 aliphatic carbocycles. The Morgan fingerprint density at radius 1 is 1.13 bits per heavy atom. The molecule has 0 bridgehead atoms. The molecule has 0 saturated carbocycles. The van der Waals surface area contributed by atoms with Crippen molar-refractivity contribution in [3.63, 3.8) is 0 Å². The average Bonchev–Trinajstić information content (AvgIpc) is 2.47. The van der Waals surface area contributed by atoms with Gasteiger partial charge in [0.1, 0.15) is 5.82 Å². The minimum absolute atomic E-state index is 0.00887. The number of hydrogen-bond donors (Lipinski definition) is 1. The van der Waals surface area contributed by atoms with Gasteiger partial charge in [0.05, 0.1) is 21.8 Å². The van der Waals surface area contributed by atoms with Crippen LogP contribution in [0.2, 0.25) is 5.02 Å². The lowest BCUT2D eigenvalue weighted by molar-refractivity contribution is -0.137. The lowest BCUT2D eigenvalue weighted by Gasteiger charge is -2.14. The van der Waals surface area contributed by atoms with Gasteiger partial charge < -0.3 is 5.73 Å². The van der Waals surface area contributed by atoms with Gasteiger partial charge in [-0.25, -0.2) is 4.79 Å². The molecular formula is C15H9ClF3N3O. The largest absolute Gasteiger partial charge is 0.416 e. The normalized spacial score (nSPS) is 11.8. The van der Waals surface area contributed by atoms with E-state index in [-0.39, 0.29) is 27.4 Å². The number of alkyl halides is 3. The highest BCUT2D eigenvalue weighted by Gasteiger charge is 2.31. The van der Waals surface area contributed by atoms with E-state index in [9.17, 15) is 18.0 Å². The highest BCUT2D eigenvalue weighted by atomic mass is 35.5. The van der Waals surface area contributed by atoms with E-state index < -0.39 is 17.4 Å². The maximum atomic E-state index is 13.0. The molecule has 8 heteroatoms. The van der Waals surface area contributed by atoms with Crippen LogP contribution in [0.25, 0.3) is 16.6 Å². The monoisotopic (exact) mass is 339 g/mol. The first-order valence-electron chi connectivity index (χ1n) is 6.43. The Morgan fingerprint density at radius 2 is 1.83 bits per heavy atom. The minimum atomic E-state index is -4.55. The lowest BCUT2D eigenvalue weighted by atomic mass is 10.1. The van der Waals surface area contributed by atoms with Gasteiger partial charge >= 0.3 is 11.9 Å². The molecule has 2 aromatic carbocycles. The summed E-state index contributed by atoms with van der Waals surface area (Å²) in [5.74, 6) is -0.137. The third kappa shape index (κ3) is 2.63. The summed E-state index contributed by atoms with van der Waals surface area (Å²) in [4.78, 5) is 15.9. The topological polar surface area (TPSA) is 60.9 Å². The molecule has 2 N–H and O–H groups in total. The summed E-state index contributed by atoms with van der Waals surface area (Å²) in [5.41, 5.74) is 4.19. The van der Waals surface area contributed by atoms with Crippen LogP contribution in [-0.2, 0) is 6.18 Å². The lowest BCUT2D eigenvalue weighted by Crippen LogP contribution is -2.23. The molecule has 0 fully saturated rings. The Balaban J connectivity index is 2.46. The molecule has 0 radical (unpaired) electrons. The van der Waals surface area contributed by atoms with E-state index in [4.69, 9.17) is 17.3 Å². The molecule has 0 aliphatic heterocycles. The molecule has 3 aromatic rings. The van der Waals surface area contributed by atoms with Crippen molar-refractivity contribution < 1.29 is 13.2 Å². The summed E-state index contributed by atoms with van der Waals surface area (Å²) in [5, 5.41) is 0.442. The first-order valence-corrected chi connectivity index (χ1v) is 6.81. The molecule has 1 aromatic heterocycles. The van der Waals surface area contributed by atoms with E-state index in [1.54, 1.807) is 12.1 Å². The summed E-state index contributed by atoms with van der Waals surface area (Å²) >= 11 is 6.06. The zero-order valence-electron chi connectivity index (χ0n) is 11.4. The number of nitrogens with two attached hydrogens (primary N) is 1. The number of nitrogens with zero attached hydrogens (tertiary/aromatic N) is 2. The zero-order chi connectivity index (χ0) is 16.8. The maximum absolute atomic E-state index is 13.0. The predicted molar refractivity (Wildman–Crippen MR) is 81.8 cm³/mol. The molecule has 0 aliphatic rings. The number of para-hydroxylation sites is 1. The summed E-state index contributed by atoms with van der Waals surface area (Å²) in [6, 6.07) is 9.24. The van der Waals surface area contributed by atoms with Crippen LogP contribution in [-0.4, -0.2) is 9.55 Å². The zero-order valence-corrected chi connectivity index (χ0v) is 12.2. The highest BCUT2D eigenvalue weighted by Crippen LogP contribution is 2.33. The first-order chi connectivity index (χ1) is 10.8. The third-order valence-electron chi connectivity index (χ3n) is 3.34. The van der Waals surface area contributed by atoms with E-state index in [0.29, 0.717) is 0 Å². The molecule has 0 atom stereocenters. The Bertz CT molecular complexity index is 966. The quantitative estimate of drug-likeness (QED) is 0.736. The van der Waals surface area contributed by atoms with Crippen LogP contribution in [0.15, 0.2) is 47.3 Å². The highest BCUT2D eigenvalue weighted by molar-refractivity contribution is 6.32. The molecule has 4 nitrogen and oxygen atoms in total. The third-order valence-corrected chi connectivity index (χ3v) is 3.66. The van der Waals surface area contributed by atoms with Crippen molar-refractivity contribution in [3.05, 3.63) is 63.5 Å². The standard InChI is InChI=1S/C15H9ClF3N3O/c16-10-3-1-2-4-11(10)22-12-7-8(15(17,18)19)5-6-9(12)13(20)21-14(22)23/h1-7H,(H2,20,21,23). The number of rotatable bonds is 1. The van der Waals surface area contributed by atoms with Crippen molar-refractivity contribution in [2.45, 2.75) is 6.18 Å². The number of benzene rings is 2. The second kappa shape index (κ2) is 5.27. The summed E-state index contributed by atoms with van der Waals surface area (Å²) in [6.07, 6.45) is -4.55. The van der Waals surface area contributed by atoms with Gasteiger partial charge in [-0.15, -0.1) is 0 Å². The van der Waals surface area contributed by atoms with Crippen LogP contribution in [0.5, 0.6) is 0 Å².